The summed E-state index contributed by atoms with van der Waals surface area (Å²) in [6.07, 6.45) is 3.85. The lowest BCUT2D eigenvalue weighted by Crippen LogP contribution is -2.15. The second kappa shape index (κ2) is 6.46. The molecule has 0 aliphatic carbocycles. The van der Waals surface area contributed by atoms with Crippen molar-refractivity contribution < 1.29 is 4.79 Å². The summed E-state index contributed by atoms with van der Waals surface area (Å²) in [5, 5.41) is 4.67. The lowest BCUT2D eigenvalue weighted by molar-refractivity contribution is -0.113. The summed E-state index contributed by atoms with van der Waals surface area (Å²) in [7, 11) is 0. The van der Waals surface area contributed by atoms with Gasteiger partial charge in [-0.3, -0.25) is 4.79 Å². The van der Waals surface area contributed by atoms with E-state index in [2.05, 4.69) is 31.2 Å². The highest BCUT2D eigenvalue weighted by Crippen LogP contribution is 2.31. The van der Waals surface area contributed by atoms with E-state index in [1.807, 2.05) is 19.4 Å². The number of anilines is 1. The van der Waals surface area contributed by atoms with Gasteiger partial charge in [0.25, 0.3) is 0 Å². The zero-order valence-electron chi connectivity index (χ0n) is 9.20. The molecule has 7 heteroatoms. The number of carbonyl (C=O) groups excluding carboxylic acids is 1. The van der Waals surface area contributed by atoms with E-state index in [4.69, 9.17) is 0 Å². The lowest BCUT2D eigenvalue weighted by Gasteiger charge is -2.11. The Bertz CT molecular complexity index is 375. The van der Waals surface area contributed by atoms with Crippen molar-refractivity contribution in [2.45, 2.75) is 17.0 Å². The monoisotopic (exact) mass is 321 g/mol. The third-order valence-electron chi connectivity index (χ3n) is 1.73. The van der Waals surface area contributed by atoms with Crippen molar-refractivity contribution in [1.29, 1.82) is 0 Å². The Morgan fingerprint density at radius 3 is 2.19 bits per heavy atom. The number of nitrogens with zero attached hydrogens (tertiary/aromatic N) is 2. The molecular weight excluding hydrogens is 310 g/mol. The summed E-state index contributed by atoms with van der Waals surface area (Å²) in [4.78, 5) is 20.0. The third kappa shape index (κ3) is 3.36. The van der Waals surface area contributed by atoms with Crippen molar-refractivity contribution in [2.24, 2.45) is 0 Å². The van der Waals surface area contributed by atoms with Gasteiger partial charge in [0.2, 0.25) is 5.91 Å². The minimum absolute atomic E-state index is 0.0990. The maximum Gasteiger partial charge on any atom is 0.235 e. The van der Waals surface area contributed by atoms with Gasteiger partial charge in [-0.15, -0.1) is 23.5 Å². The molecule has 0 aromatic carbocycles. The molecule has 0 saturated heterocycles. The van der Waals surface area contributed by atoms with Crippen LogP contribution >= 0.6 is 39.5 Å². The minimum Gasteiger partial charge on any atom is -0.321 e. The van der Waals surface area contributed by atoms with Gasteiger partial charge in [-0.1, -0.05) is 15.9 Å². The van der Waals surface area contributed by atoms with Gasteiger partial charge in [-0.05, 0) is 19.4 Å². The van der Waals surface area contributed by atoms with E-state index in [1.165, 1.54) is 23.5 Å². The van der Waals surface area contributed by atoms with Crippen LogP contribution in [-0.4, -0.2) is 33.7 Å². The molecule has 0 saturated carbocycles. The maximum absolute atomic E-state index is 11.4. The number of rotatable bonds is 4. The third-order valence-corrected chi connectivity index (χ3v) is 3.60. The number of nitrogens with one attached hydrogen (secondary N) is 1. The fourth-order valence-electron chi connectivity index (χ4n) is 1.10. The number of amides is 1. The van der Waals surface area contributed by atoms with Gasteiger partial charge in [0.1, 0.15) is 21.6 Å². The summed E-state index contributed by atoms with van der Waals surface area (Å²) in [5.41, 5.74) is 0.704. The number of thioether (sulfide) groups is 2. The largest absolute Gasteiger partial charge is 0.321 e. The molecule has 1 heterocycles. The van der Waals surface area contributed by atoms with Crippen LogP contribution in [0.4, 0.5) is 5.69 Å². The Hall–Kier alpha value is -0.270. The Balaban J connectivity index is 3.16. The summed E-state index contributed by atoms with van der Waals surface area (Å²) in [6, 6.07) is 0. The predicted octanol–water partition coefficient (Wildman–Crippen LogP) is 2.56. The van der Waals surface area contributed by atoms with Gasteiger partial charge in [0, 0.05) is 0 Å². The highest BCUT2D eigenvalue weighted by molar-refractivity contribution is 9.09. The average Bonchev–Trinajstić information content (AvgIpc) is 2.30. The van der Waals surface area contributed by atoms with Crippen LogP contribution in [0.25, 0.3) is 0 Å². The van der Waals surface area contributed by atoms with Gasteiger partial charge in [0.05, 0.1) is 5.33 Å². The van der Waals surface area contributed by atoms with Crippen LogP contribution in [0.1, 0.15) is 5.82 Å². The topological polar surface area (TPSA) is 54.9 Å². The van der Waals surface area contributed by atoms with E-state index in [-0.39, 0.29) is 11.2 Å². The number of aryl methyl sites for hydroxylation is 1. The fraction of sp³-hybridized carbons (Fsp3) is 0.444. The van der Waals surface area contributed by atoms with E-state index < -0.39 is 0 Å². The molecule has 1 rings (SSSR count). The molecule has 0 radical (unpaired) electrons. The second-order valence-corrected chi connectivity index (χ2v) is 5.00. The summed E-state index contributed by atoms with van der Waals surface area (Å²) in [5.74, 6) is 0.614. The predicted molar refractivity (Wildman–Crippen MR) is 72.8 cm³/mol. The van der Waals surface area contributed by atoms with Gasteiger partial charge in [-0.2, -0.15) is 0 Å². The summed E-state index contributed by atoms with van der Waals surface area (Å²) in [6.45, 7) is 1.84. The molecule has 0 fully saturated rings. The molecule has 1 aromatic rings. The molecule has 1 amide bonds. The molecule has 0 atom stereocenters. The normalized spacial score (nSPS) is 10.2. The first kappa shape index (κ1) is 13.8. The van der Waals surface area contributed by atoms with E-state index in [1.54, 1.807) is 0 Å². The van der Waals surface area contributed by atoms with Gasteiger partial charge >= 0.3 is 0 Å². The number of halogens is 1. The van der Waals surface area contributed by atoms with Gasteiger partial charge in [0.15, 0.2) is 0 Å². The average molecular weight is 322 g/mol. The lowest BCUT2D eigenvalue weighted by atomic mass is 10.5. The molecule has 0 unspecified atom stereocenters. The van der Waals surface area contributed by atoms with Crippen LogP contribution in [0.3, 0.4) is 0 Å². The SMILES string of the molecule is CSc1nc(C)nc(SC)c1NC(=O)CBr. The standard InChI is InChI=1S/C9H12BrN3OS2/c1-5-11-8(15-2)7(9(12-5)16-3)13-6(14)4-10/h4H2,1-3H3,(H,13,14). The van der Waals surface area contributed by atoms with Crippen LogP contribution < -0.4 is 5.32 Å². The minimum atomic E-state index is -0.0990. The number of hydrogen-bond donors (Lipinski definition) is 1. The van der Waals surface area contributed by atoms with Crippen molar-refractivity contribution in [3.8, 4) is 0 Å². The molecule has 0 aliphatic heterocycles. The molecule has 1 N–H and O–H groups in total. The number of alkyl halides is 1. The van der Waals surface area contributed by atoms with Crippen LogP contribution in [0.15, 0.2) is 10.1 Å². The maximum atomic E-state index is 11.4. The van der Waals surface area contributed by atoms with Crippen molar-refractivity contribution in [3.63, 3.8) is 0 Å². The molecule has 4 nitrogen and oxygen atoms in total. The first-order valence-electron chi connectivity index (χ1n) is 4.44. The number of aromatic nitrogens is 2. The van der Waals surface area contributed by atoms with Crippen LogP contribution in [0, 0.1) is 6.92 Å². The van der Waals surface area contributed by atoms with Crippen molar-refractivity contribution >= 4 is 51.0 Å². The van der Waals surface area contributed by atoms with Crippen molar-refractivity contribution in [3.05, 3.63) is 5.82 Å². The highest BCUT2D eigenvalue weighted by Gasteiger charge is 2.14. The van der Waals surface area contributed by atoms with Crippen molar-refractivity contribution in [1.82, 2.24) is 9.97 Å². The molecule has 0 spiro atoms. The van der Waals surface area contributed by atoms with Gasteiger partial charge < -0.3 is 5.32 Å². The Morgan fingerprint density at radius 1 is 1.31 bits per heavy atom. The fourth-order valence-corrected chi connectivity index (χ4v) is 2.45. The molecule has 0 aliphatic rings. The van der Waals surface area contributed by atoms with E-state index >= 15 is 0 Å². The first-order valence-corrected chi connectivity index (χ1v) is 8.02. The molecule has 0 bridgehead atoms. The van der Waals surface area contributed by atoms with Gasteiger partial charge in [-0.25, -0.2) is 9.97 Å². The second-order valence-electron chi connectivity index (χ2n) is 2.85. The summed E-state index contributed by atoms with van der Waals surface area (Å²) < 4.78 is 0. The molecule has 16 heavy (non-hydrogen) atoms. The number of carbonyl (C=O) groups is 1. The zero-order chi connectivity index (χ0) is 12.1. The molecular formula is C9H12BrN3OS2. The Labute approximate surface area is 112 Å². The smallest absolute Gasteiger partial charge is 0.235 e. The van der Waals surface area contributed by atoms with Crippen molar-refractivity contribution in [2.75, 3.05) is 23.2 Å². The Morgan fingerprint density at radius 2 is 1.81 bits per heavy atom. The van der Waals surface area contributed by atoms with Crippen LogP contribution in [0.5, 0.6) is 0 Å². The van der Waals surface area contributed by atoms with Crippen LogP contribution in [0.2, 0.25) is 0 Å². The van der Waals surface area contributed by atoms with E-state index in [9.17, 15) is 4.79 Å². The Kier molecular flexibility index (Phi) is 5.57. The van der Waals surface area contributed by atoms with Crippen LogP contribution in [-0.2, 0) is 4.79 Å². The molecule has 88 valence electrons. The van der Waals surface area contributed by atoms with E-state index in [0.29, 0.717) is 11.5 Å². The van der Waals surface area contributed by atoms with E-state index in [0.717, 1.165) is 10.1 Å². The number of hydrogen-bond acceptors (Lipinski definition) is 5. The highest BCUT2D eigenvalue weighted by atomic mass is 79.9. The summed E-state index contributed by atoms with van der Waals surface area (Å²) >= 11 is 6.11. The zero-order valence-corrected chi connectivity index (χ0v) is 12.4. The molecule has 1 aromatic heterocycles. The first-order chi connectivity index (χ1) is 7.62. The quantitative estimate of drug-likeness (QED) is 0.524.